The molecule has 220 valence electrons. The summed E-state index contributed by atoms with van der Waals surface area (Å²) in [6.45, 7) is 1.99. The number of ether oxygens (including phenoxy) is 1. The lowest BCUT2D eigenvalue weighted by Gasteiger charge is -2.10. The Bertz CT molecular complexity index is 1910. The highest BCUT2D eigenvalue weighted by atomic mass is 32.2. The normalized spacial score (nSPS) is 13.3. The molecule has 0 aliphatic heterocycles. The van der Waals surface area contributed by atoms with Crippen molar-refractivity contribution >= 4 is 27.3 Å². The van der Waals surface area contributed by atoms with Gasteiger partial charge in [0.05, 0.1) is 18.0 Å². The van der Waals surface area contributed by atoms with Crippen LogP contribution in [0, 0.1) is 11.7 Å². The molecule has 8 nitrogen and oxygen atoms in total. The van der Waals surface area contributed by atoms with Gasteiger partial charge in [0.15, 0.2) is 5.69 Å². The van der Waals surface area contributed by atoms with E-state index in [1.165, 1.54) is 23.5 Å². The molecule has 1 fully saturated rings. The molecule has 3 aromatic carbocycles. The first-order chi connectivity index (χ1) is 20.7. The van der Waals surface area contributed by atoms with Crippen LogP contribution < -0.4 is 5.14 Å². The summed E-state index contributed by atoms with van der Waals surface area (Å²) in [7, 11) is -4.20. The molecule has 0 amide bonds. The van der Waals surface area contributed by atoms with Gasteiger partial charge in [0.1, 0.15) is 10.7 Å². The van der Waals surface area contributed by atoms with E-state index < -0.39 is 26.7 Å². The van der Waals surface area contributed by atoms with Crippen LogP contribution in [0.3, 0.4) is 0 Å². The first kappa shape index (κ1) is 28.9. The highest BCUT2D eigenvalue weighted by Gasteiger charge is 2.30. The molecule has 2 N–H and O–H groups in total. The first-order valence-corrected chi connectivity index (χ1v) is 16.3. The maximum Gasteiger partial charge on any atom is 0.357 e. The van der Waals surface area contributed by atoms with E-state index in [1.807, 2.05) is 48.5 Å². The Morgan fingerprint density at radius 3 is 2.49 bits per heavy atom. The molecule has 43 heavy (non-hydrogen) atoms. The molecule has 6 rings (SSSR count). The van der Waals surface area contributed by atoms with Crippen molar-refractivity contribution < 1.29 is 22.3 Å². The number of rotatable bonds is 10. The number of hydrogen-bond acceptors (Lipinski definition) is 7. The smallest absolute Gasteiger partial charge is 0.357 e. The largest absolute Gasteiger partial charge is 0.461 e. The molecule has 2 aromatic heterocycles. The molecule has 1 aliphatic rings. The lowest BCUT2D eigenvalue weighted by atomic mass is 9.95. The highest BCUT2D eigenvalue weighted by molar-refractivity contribution is 7.89. The fourth-order valence-corrected chi connectivity index (χ4v) is 6.45. The van der Waals surface area contributed by atoms with Crippen molar-refractivity contribution in [1.29, 1.82) is 0 Å². The van der Waals surface area contributed by atoms with Crippen molar-refractivity contribution in [3.63, 3.8) is 0 Å². The number of primary sulfonamides is 1. The molecular formula is C32H29FN4O4S2. The van der Waals surface area contributed by atoms with E-state index >= 15 is 0 Å². The van der Waals surface area contributed by atoms with Gasteiger partial charge in [-0.05, 0) is 67.0 Å². The minimum absolute atomic E-state index is 0.213. The van der Waals surface area contributed by atoms with Crippen molar-refractivity contribution in [1.82, 2.24) is 14.8 Å². The van der Waals surface area contributed by atoms with Crippen LogP contribution in [-0.2, 0) is 27.6 Å². The summed E-state index contributed by atoms with van der Waals surface area (Å²) in [6.07, 6.45) is 3.21. The number of esters is 1. The first-order valence-electron chi connectivity index (χ1n) is 13.9. The Morgan fingerprint density at radius 2 is 1.79 bits per heavy atom. The number of carbonyl (C=O) groups is 1. The second-order valence-corrected chi connectivity index (χ2v) is 12.9. The zero-order valence-corrected chi connectivity index (χ0v) is 25.0. The molecule has 0 unspecified atom stereocenters. The summed E-state index contributed by atoms with van der Waals surface area (Å²) in [5.74, 6) is -0.922. The molecular weight excluding hydrogens is 588 g/mol. The third-order valence-electron chi connectivity index (χ3n) is 7.35. The second-order valence-electron chi connectivity index (χ2n) is 10.5. The van der Waals surface area contributed by atoms with Gasteiger partial charge in [0.2, 0.25) is 15.2 Å². The van der Waals surface area contributed by atoms with Crippen LogP contribution in [0.25, 0.3) is 27.5 Å². The van der Waals surface area contributed by atoms with Gasteiger partial charge in [0.25, 0.3) is 0 Å². The standard InChI is InChI=1S/C32H29FN4O4S2/c1-2-41-31(38)27-19-42-32(35-27)37-28(17-20-11-12-20)25(15-21-13-14-29(26(33)16-21)43(34,39)40)30(36-37)24-10-6-9-23(18-24)22-7-4-3-5-8-22/h3-10,13-14,16,18-20H,2,11-12,15,17H2,1H3,(H2,34,39,40). The Morgan fingerprint density at radius 1 is 1.05 bits per heavy atom. The van der Waals surface area contributed by atoms with E-state index in [0.717, 1.165) is 47.2 Å². The lowest BCUT2D eigenvalue weighted by Crippen LogP contribution is -2.14. The molecule has 0 radical (unpaired) electrons. The van der Waals surface area contributed by atoms with Crippen LogP contribution in [-0.4, -0.2) is 35.8 Å². The van der Waals surface area contributed by atoms with Crippen LogP contribution in [0.2, 0.25) is 0 Å². The number of carbonyl (C=O) groups excluding carboxylic acids is 1. The summed E-state index contributed by atoms with van der Waals surface area (Å²) < 4.78 is 45.5. The number of nitrogens with two attached hydrogens (primary N) is 1. The van der Waals surface area contributed by atoms with Gasteiger partial charge < -0.3 is 4.74 Å². The number of aromatic nitrogens is 3. The van der Waals surface area contributed by atoms with Crippen LogP contribution >= 0.6 is 11.3 Å². The minimum Gasteiger partial charge on any atom is -0.461 e. The van der Waals surface area contributed by atoms with E-state index in [4.69, 9.17) is 15.0 Å². The van der Waals surface area contributed by atoms with Gasteiger partial charge in [-0.15, -0.1) is 11.3 Å². The molecule has 1 saturated carbocycles. The van der Waals surface area contributed by atoms with Crippen LogP contribution in [0.4, 0.5) is 4.39 Å². The monoisotopic (exact) mass is 616 g/mol. The Hall–Kier alpha value is -4.19. The van der Waals surface area contributed by atoms with Gasteiger partial charge in [0, 0.05) is 22.9 Å². The second kappa shape index (κ2) is 11.8. The predicted molar refractivity (Wildman–Crippen MR) is 163 cm³/mol. The van der Waals surface area contributed by atoms with E-state index in [-0.39, 0.29) is 12.3 Å². The summed E-state index contributed by atoms with van der Waals surface area (Å²) >= 11 is 1.30. The molecule has 0 spiro atoms. The summed E-state index contributed by atoms with van der Waals surface area (Å²) in [6, 6.07) is 22.1. The number of sulfonamides is 1. The molecule has 0 bridgehead atoms. The SMILES string of the molecule is CCOC(=O)c1csc(-n2nc(-c3cccc(-c4ccccc4)c3)c(Cc3ccc(S(N)(=O)=O)c(F)c3)c2CC2CC2)n1. The quantitative estimate of drug-likeness (QED) is 0.188. The number of benzene rings is 3. The molecule has 2 heterocycles. The number of nitrogens with zero attached hydrogens (tertiary/aromatic N) is 3. The topological polar surface area (TPSA) is 117 Å². The van der Waals surface area contributed by atoms with E-state index in [9.17, 15) is 17.6 Å². The average molecular weight is 617 g/mol. The van der Waals surface area contributed by atoms with Gasteiger partial charge in [-0.1, -0.05) is 54.6 Å². The zero-order chi connectivity index (χ0) is 30.1. The zero-order valence-electron chi connectivity index (χ0n) is 23.4. The van der Waals surface area contributed by atoms with Crippen molar-refractivity contribution in [3.8, 4) is 27.5 Å². The van der Waals surface area contributed by atoms with Gasteiger partial charge >= 0.3 is 5.97 Å². The highest BCUT2D eigenvalue weighted by Crippen LogP contribution is 2.39. The number of thiazole rings is 1. The maximum atomic E-state index is 14.9. The van der Waals surface area contributed by atoms with E-state index in [2.05, 4.69) is 11.1 Å². The summed E-state index contributed by atoms with van der Waals surface area (Å²) in [5, 5.41) is 12.4. The Balaban J connectivity index is 1.51. The fourth-order valence-electron chi connectivity index (χ4n) is 5.09. The van der Waals surface area contributed by atoms with Gasteiger partial charge in [-0.2, -0.15) is 5.10 Å². The maximum absolute atomic E-state index is 14.9. The Labute approximate surface area is 253 Å². The minimum atomic E-state index is -4.20. The molecule has 0 atom stereocenters. The van der Waals surface area contributed by atoms with Gasteiger partial charge in [-0.25, -0.2) is 32.4 Å². The van der Waals surface area contributed by atoms with Crippen molar-refractivity contribution in [2.45, 2.75) is 37.5 Å². The summed E-state index contributed by atoms with van der Waals surface area (Å²) in [4.78, 5) is 16.4. The number of hydrogen-bond donors (Lipinski definition) is 1. The van der Waals surface area contributed by atoms with Crippen molar-refractivity contribution in [2.24, 2.45) is 11.1 Å². The molecule has 1 aliphatic carbocycles. The lowest BCUT2D eigenvalue weighted by molar-refractivity contribution is 0.0520. The average Bonchev–Trinajstić information content (AvgIpc) is 3.55. The summed E-state index contributed by atoms with van der Waals surface area (Å²) in [5.41, 5.74) is 6.25. The third-order valence-corrected chi connectivity index (χ3v) is 9.11. The van der Waals surface area contributed by atoms with E-state index in [1.54, 1.807) is 23.1 Å². The molecule has 11 heteroatoms. The fraction of sp³-hybridized carbons (Fsp3) is 0.219. The third kappa shape index (κ3) is 6.29. The van der Waals surface area contributed by atoms with Crippen LogP contribution in [0.15, 0.2) is 83.1 Å². The number of halogens is 1. The van der Waals surface area contributed by atoms with Crippen LogP contribution in [0.5, 0.6) is 0 Å². The molecule has 0 saturated heterocycles. The van der Waals surface area contributed by atoms with Crippen molar-refractivity contribution in [3.05, 3.63) is 107 Å². The van der Waals surface area contributed by atoms with E-state index in [0.29, 0.717) is 28.7 Å². The van der Waals surface area contributed by atoms with Crippen molar-refractivity contribution in [2.75, 3.05) is 6.61 Å². The molecule has 5 aromatic rings. The van der Waals surface area contributed by atoms with Gasteiger partial charge in [-0.3, -0.25) is 0 Å². The predicted octanol–water partition coefficient (Wildman–Crippen LogP) is 6.17. The van der Waals surface area contributed by atoms with Crippen LogP contribution in [0.1, 0.15) is 47.1 Å². The Kier molecular flexibility index (Phi) is 7.95.